The van der Waals surface area contributed by atoms with Gasteiger partial charge in [0.1, 0.15) is 11.9 Å². The van der Waals surface area contributed by atoms with Crippen LogP contribution in [-0.2, 0) is 20.9 Å². The van der Waals surface area contributed by atoms with E-state index in [0.717, 1.165) is 37.0 Å². The molecule has 3 unspecified atom stereocenters. The van der Waals surface area contributed by atoms with E-state index < -0.39 is 18.0 Å². The van der Waals surface area contributed by atoms with Crippen LogP contribution < -0.4 is 10.1 Å². The largest absolute Gasteiger partial charge is 0.497 e. The van der Waals surface area contributed by atoms with E-state index in [-0.39, 0.29) is 11.9 Å². The Labute approximate surface area is 154 Å². The zero-order chi connectivity index (χ0) is 18.9. The van der Waals surface area contributed by atoms with Crippen LogP contribution in [0, 0.1) is 5.92 Å². The predicted molar refractivity (Wildman–Crippen MR) is 98.0 cm³/mol. The fourth-order valence-electron chi connectivity index (χ4n) is 3.31. The highest BCUT2D eigenvalue weighted by Crippen LogP contribution is 2.23. The summed E-state index contributed by atoms with van der Waals surface area (Å²) in [5, 5.41) is 12.4. The quantitative estimate of drug-likeness (QED) is 0.777. The molecule has 1 aromatic carbocycles. The van der Waals surface area contributed by atoms with Gasteiger partial charge in [-0.25, -0.2) is 0 Å². The van der Waals surface area contributed by atoms with Gasteiger partial charge in [0, 0.05) is 6.04 Å². The maximum atomic E-state index is 12.5. The number of methoxy groups -OCH3 is 1. The second-order valence-electron chi connectivity index (χ2n) is 6.86. The summed E-state index contributed by atoms with van der Waals surface area (Å²) in [6.07, 6.45) is 4.63. The molecule has 0 radical (unpaired) electrons. The average Bonchev–Trinajstić information content (AvgIpc) is 2.61. The van der Waals surface area contributed by atoms with Gasteiger partial charge >= 0.3 is 5.97 Å². The zero-order valence-corrected chi connectivity index (χ0v) is 15.6. The molecule has 1 fully saturated rings. The number of ether oxygens (including phenoxy) is 2. The molecular weight excluding hydrogens is 334 g/mol. The molecule has 0 aliphatic heterocycles. The molecule has 1 aliphatic carbocycles. The van der Waals surface area contributed by atoms with Crippen LogP contribution in [0.1, 0.15) is 51.0 Å². The van der Waals surface area contributed by atoms with Gasteiger partial charge in [-0.05, 0) is 37.5 Å². The van der Waals surface area contributed by atoms with E-state index in [2.05, 4.69) is 5.32 Å². The number of benzene rings is 1. The Bertz CT molecular complexity index is 604. The first kappa shape index (κ1) is 20.2. The molecule has 1 saturated carbocycles. The molecule has 6 heteroatoms. The van der Waals surface area contributed by atoms with Crippen LogP contribution in [0.3, 0.4) is 0 Å². The number of aliphatic carboxylic acids is 1. The zero-order valence-electron chi connectivity index (χ0n) is 15.6. The lowest BCUT2D eigenvalue weighted by Crippen LogP contribution is -2.47. The average molecular weight is 363 g/mol. The maximum Gasteiger partial charge on any atom is 0.308 e. The highest BCUT2D eigenvalue weighted by Gasteiger charge is 2.31. The van der Waals surface area contributed by atoms with Crippen LogP contribution in [0.2, 0.25) is 0 Å². The number of carbonyl (C=O) groups is 2. The van der Waals surface area contributed by atoms with Crippen LogP contribution in [0.15, 0.2) is 24.3 Å². The predicted octanol–water partition coefficient (Wildman–Crippen LogP) is 3.14. The van der Waals surface area contributed by atoms with Crippen LogP contribution in [0.5, 0.6) is 5.75 Å². The second kappa shape index (κ2) is 10.2. The minimum Gasteiger partial charge on any atom is -0.497 e. The molecule has 26 heavy (non-hydrogen) atoms. The summed E-state index contributed by atoms with van der Waals surface area (Å²) in [6, 6.07) is 7.15. The van der Waals surface area contributed by atoms with E-state index in [1.54, 1.807) is 14.0 Å². The Kier molecular flexibility index (Phi) is 7.91. The minimum atomic E-state index is -0.831. The lowest BCUT2D eigenvalue weighted by atomic mass is 9.86. The van der Waals surface area contributed by atoms with Gasteiger partial charge in [0.25, 0.3) is 0 Å². The maximum absolute atomic E-state index is 12.5. The van der Waals surface area contributed by atoms with Crippen molar-refractivity contribution in [1.29, 1.82) is 0 Å². The Morgan fingerprint density at radius 3 is 2.65 bits per heavy atom. The van der Waals surface area contributed by atoms with Gasteiger partial charge in [-0.15, -0.1) is 0 Å². The van der Waals surface area contributed by atoms with E-state index in [9.17, 15) is 14.7 Å². The lowest BCUT2D eigenvalue weighted by Gasteiger charge is -2.28. The smallest absolute Gasteiger partial charge is 0.308 e. The van der Waals surface area contributed by atoms with Crippen molar-refractivity contribution in [3.8, 4) is 5.75 Å². The molecule has 0 heterocycles. The number of carbonyl (C=O) groups excluding carboxylic acids is 1. The Balaban J connectivity index is 1.90. The summed E-state index contributed by atoms with van der Waals surface area (Å²) in [5.74, 6) is -0.876. The molecule has 0 bridgehead atoms. The number of hydrogen-bond donors (Lipinski definition) is 2. The molecule has 1 aliphatic rings. The SMILES string of the molecule is COc1cccc(COC(C)C(=O)NC2CCCCCCC2C(=O)O)c1. The summed E-state index contributed by atoms with van der Waals surface area (Å²) < 4.78 is 10.8. The highest BCUT2D eigenvalue weighted by atomic mass is 16.5. The molecule has 0 aromatic heterocycles. The summed E-state index contributed by atoms with van der Waals surface area (Å²) in [7, 11) is 1.60. The lowest BCUT2D eigenvalue weighted by molar-refractivity contribution is -0.144. The number of hydrogen-bond acceptors (Lipinski definition) is 4. The third-order valence-corrected chi connectivity index (χ3v) is 4.91. The van der Waals surface area contributed by atoms with E-state index in [1.807, 2.05) is 24.3 Å². The molecule has 6 nitrogen and oxygen atoms in total. The fourth-order valence-corrected chi connectivity index (χ4v) is 3.31. The number of rotatable bonds is 7. The first-order valence-corrected chi connectivity index (χ1v) is 9.29. The van der Waals surface area contributed by atoms with E-state index in [0.29, 0.717) is 19.4 Å². The minimum absolute atomic E-state index is 0.260. The molecule has 1 amide bonds. The Morgan fingerprint density at radius 2 is 1.96 bits per heavy atom. The third-order valence-electron chi connectivity index (χ3n) is 4.91. The monoisotopic (exact) mass is 363 g/mol. The fraction of sp³-hybridized carbons (Fsp3) is 0.600. The van der Waals surface area contributed by atoms with Crippen molar-refractivity contribution in [3.63, 3.8) is 0 Å². The van der Waals surface area contributed by atoms with Crippen molar-refractivity contribution in [2.24, 2.45) is 5.92 Å². The molecular formula is C20H29NO5. The molecule has 3 atom stereocenters. The van der Waals surface area contributed by atoms with Crippen molar-refractivity contribution in [2.45, 2.75) is 64.2 Å². The van der Waals surface area contributed by atoms with E-state index >= 15 is 0 Å². The number of amides is 1. The van der Waals surface area contributed by atoms with Gasteiger partial charge in [0.2, 0.25) is 5.91 Å². The van der Waals surface area contributed by atoms with Gasteiger partial charge in [0.15, 0.2) is 0 Å². The highest BCUT2D eigenvalue weighted by molar-refractivity contribution is 5.81. The number of carboxylic acid groups (broad SMARTS) is 1. The number of nitrogens with one attached hydrogen (secondary N) is 1. The van der Waals surface area contributed by atoms with Crippen molar-refractivity contribution in [1.82, 2.24) is 5.32 Å². The van der Waals surface area contributed by atoms with Crippen molar-refractivity contribution in [2.75, 3.05) is 7.11 Å². The third kappa shape index (κ3) is 6.02. The second-order valence-corrected chi connectivity index (χ2v) is 6.86. The van der Waals surface area contributed by atoms with Gasteiger partial charge < -0.3 is 19.9 Å². The summed E-state index contributed by atoms with van der Waals surface area (Å²) in [6.45, 7) is 1.98. The Morgan fingerprint density at radius 1 is 1.23 bits per heavy atom. The molecule has 1 aromatic rings. The topological polar surface area (TPSA) is 84.9 Å². The van der Waals surface area contributed by atoms with E-state index in [4.69, 9.17) is 9.47 Å². The molecule has 2 rings (SSSR count). The van der Waals surface area contributed by atoms with E-state index in [1.165, 1.54) is 0 Å². The summed E-state index contributed by atoms with van der Waals surface area (Å²) >= 11 is 0. The van der Waals surface area contributed by atoms with Crippen molar-refractivity contribution in [3.05, 3.63) is 29.8 Å². The van der Waals surface area contributed by atoms with Crippen molar-refractivity contribution < 1.29 is 24.2 Å². The standard InChI is InChI=1S/C20H29NO5/c1-14(26-13-15-8-7-9-16(12-15)25-2)19(22)21-18-11-6-4-3-5-10-17(18)20(23)24/h7-9,12,14,17-18H,3-6,10-11,13H2,1-2H3,(H,21,22)(H,23,24). The molecule has 2 N–H and O–H groups in total. The number of carboxylic acids is 1. The van der Waals surface area contributed by atoms with Crippen LogP contribution in [0.4, 0.5) is 0 Å². The van der Waals surface area contributed by atoms with Crippen molar-refractivity contribution >= 4 is 11.9 Å². The first-order chi connectivity index (χ1) is 12.5. The van der Waals surface area contributed by atoms with Gasteiger partial charge in [-0.2, -0.15) is 0 Å². The summed E-state index contributed by atoms with van der Waals surface area (Å²) in [4.78, 5) is 24.0. The van der Waals surface area contributed by atoms with Gasteiger partial charge in [-0.3, -0.25) is 9.59 Å². The summed E-state index contributed by atoms with van der Waals surface area (Å²) in [5.41, 5.74) is 0.915. The molecule has 144 valence electrons. The molecule has 0 spiro atoms. The van der Waals surface area contributed by atoms with Gasteiger partial charge in [-0.1, -0.05) is 37.8 Å². The van der Waals surface area contributed by atoms with Crippen LogP contribution in [-0.4, -0.2) is 36.2 Å². The first-order valence-electron chi connectivity index (χ1n) is 9.29. The normalized spacial score (nSPS) is 21.9. The van der Waals surface area contributed by atoms with Gasteiger partial charge in [0.05, 0.1) is 19.6 Å². The molecule has 0 saturated heterocycles. The van der Waals surface area contributed by atoms with Crippen LogP contribution in [0.25, 0.3) is 0 Å². The Hall–Kier alpha value is -2.08. The van der Waals surface area contributed by atoms with Crippen LogP contribution >= 0.6 is 0 Å².